The number of amides is 1. The van der Waals surface area contributed by atoms with Crippen LogP contribution in [0.1, 0.15) is 20.3 Å². The molecule has 1 amide bonds. The molecule has 1 N–H and O–H groups in total. The summed E-state index contributed by atoms with van der Waals surface area (Å²) in [5.41, 5.74) is 4.63. The van der Waals surface area contributed by atoms with E-state index < -0.39 is 0 Å². The minimum atomic E-state index is 0.0150. The van der Waals surface area contributed by atoms with Crippen LogP contribution in [0.15, 0.2) is 30.6 Å². The van der Waals surface area contributed by atoms with Gasteiger partial charge in [0.05, 0.1) is 11.0 Å². The van der Waals surface area contributed by atoms with Crippen LogP contribution in [-0.4, -0.2) is 15.6 Å². The van der Waals surface area contributed by atoms with E-state index >= 15 is 0 Å². The second-order valence-electron chi connectivity index (χ2n) is 3.89. The number of rotatable bonds is 3. The maximum absolute atomic E-state index is 11.7. The van der Waals surface area contributed by atoms with Gasteiger partial charge in [0, 0.05) is 5.92 Å². The maximum Gasteiger partial charge on any atom is 0.241 e. The molecule has 0 spiro atoms. The zero-order valence-corrected chi connectivity index (χ0v) is 9.47. The zero-order chi connectivity index (χ0) is 11.5. The molecule has 1 atom stereocenters. The summed E-state index contributed by atoms with van der Waals surface area (Å²) >= 11 is 0. The van der Waals surface area contributed by atoms with Crippen LogP contribution in [0.4, 0.5) is 0 Å². The molecule has 0 radical (unpaired) electrons. The molecule has 1 unspecified atom stereocenters. The fourth-order valence-electron chi connectivity index (χ4n) is 1.46. The molecule has 2 aromatic rings. The fourth-order valence-corrected chi connectivity index (χ4v) is 1.46. The lowest BCUT2D eigenvalue weighted by Gasteiger charge is -2.10. The molecule has 0 fully saturated rings. The SMILES string of the molecule is CCC(C)C(=O)Nn1cnc2ccccc21. The molecule has 1 aromatic heterocycles. The quantitative estimate of drug-likeness (QED) is 0.856. The van der Waals surface area contributed by atoms with Crippen LogP contribution < -0.4 is 5.43 Å². The molecule has 4 nitrogen and oxygen atoms in total. The normalized spacial score (nSPS) is 12.6. The lowest BCUT2D eigenvalue weighted by molar-refractivity contribution is -0.120. The molecule has 0 bridgehead atoms. The number of hydrogen-bond donors (Lipinski definition) is 1. The zero-order valence-electron chi connectivity index (χ0n) is 9.47. The third kappa shape index (κ3) is 1.91. The first-order valence-electron chi connectivity index (χ1n) is 5.45. The number of aromatic nitrogens is 2. The summed E-state index contributed by atoms with van der Waals surface area (Å²) in [5, 5.41) is 0. The van der Waals surface area contributed by atoms with Crippen molar-refractivity contribution in [1.82, 2.24) is 9.66 Å². The van der Waals surface area contributed by atoms with Gasteiger partial charge < -0.3 is 0 Å². The molecule has 16 heavy (non-hydrogen) atoms. The monoisotopic (exact) mass is 217 g/mol. The van der Waals surface area contributed by atoms with Crippen LogP contribution in [-0.2, 0) is 4.79 Å². The van der Waals surface area contributed by atoms with Crippen molar-refractivity contribution in [1.29, 1.82) is 0 Å². The number of nitrogens with one attached hydrogen (secondary N) is 1. The number of nitrogens with zero attached hydrogens (tertiary/aromatic N) is 2. The summed E-state index contributed by atoms with van der Waals surface area (Å²) in [6.45, 7) is 3.91. The van der Waals surface area contributed by atoms with Crippen LogP contribution in [0.3, 0.4) is 0 Å². The summed E-state index contributed by atoms with van der Waals surface area (Å²) in [6.07, 6.45) is 2.46. The lowest BCUT2D eigenvalue weighted by Crippen LogP contribution is -2.27. The Balaban J connectivity index is 2.25. The van der Waals surface area contributed by atoms with E-state index in [9.17, 15) is 4.79 Å². The van der Waals surface area contributed by atoms with Gasteiger partial charge in [-0.25, -0.2) is 9.66 Å². The summed E-state index contributed by atoms with van der Waals surface area (Å²) in [6, 6.07) is 7.70. The van der Waals surface area contributed by atoms with E-state index in [0.29, 0.717) is 0 Å². The van der Waals surface area contributed by atoms with Crippen LogP contribution in [0.5, 0.6) is 0 Å². The van der Waals surface area contributed by atoms with Crippen LogP contribution in [0.25, 0.3) is 11.0 Å². The average molecular weight is 217 g/mol. The van der Waals surface area contributed by atoms with E-state index in [1.165, 1.54) is 0 Å². The summed E-state index contributed by atoms with van der Waals surface area (Å²) < 4.78 is 1.67. The maximum atomic E-state index is 11.7. The minimum Gasteiger partial charge on any atom is -0.273 e. The van der Waals surface area contributed by atoms with Gasteiger partial charge >= 0.3 is 0 Å². The third-order valence-corrected chi connectivity index (χ3v) is 2.74. The summed E-state index contributed by atoms with van der Waals surface area (Å²) in [4.78, 5) is 15.9. The second kappa shape index (κ2) is 4.35. The highest BCUT2D eigenvalue weighted by Gasteiger charge is 2.11. The first-order chi connectivity index (χ1) is 7.72. The largest absolute Gasteiger partial charge is 0.273 e. The van der Waals surface area contributed by atoms with Gasteiger partial charge in [-0.1, -0.05) is 26.0 Å². The summed E-state index contributed by atoms with van der Waals surface area (Å²) in [7, 11) is 0. The van der Waals surface area contributed by atoms with Crippen molar-refractivity contribution < 1.29 is 4.79 Å². The Morgan fingerprint density at radius 1 is 1.50 bits per heavy atom. The molecule has 0 aliphatic carbocycles. The Kier molecular flexibility index (Phi) is 2.90. The van der Waals surface area contributed by atoms with Crippen LogP contribution in [0.2, 0.25) is 0 Å². The third-order valence-electron chi connectivity index (χ3n) is 2.74. The van der Waals surface area contributed by atoms with Crippen LogP contribution in [0, 0.1) is 5.92 Å². The van der Waals surface area contributed by atoms with Crippen molar-refractivity contribution in [3.63, 3.8) is 0 Å². The van der Waals surface area contributed by atoms with E-state index in [1.54, 1.807) is 11.0 Å². The van der Waals surface area contributed by atoms with E-state index in [0.717, 1.165) is 17.5 Å². The van der Waals surface area contributed by atoms with E-state index in [2.05, 4.69) is 10.4 Å². The lowest BCUT2D eigenvalue weighted by atomic mass is 10.1. The Morgan fingerprint density at radius 2 is 2.25 bits per heavy atom. The van der Waals surface area contributed by atoms with Crippen molar-refractivity contribution in [2.45, 2.75) is 20.3 Å². The Bertz CT molecular complexity index is 504. The number of fused-ring (bicyclic) bond motifs is 1. The Labute approximate surface area is 94.3 Å². The molecule has 84 valence electrons. The van der Waals surface area contributed by atoms with Gasteiger partial charge in [0.15, 0.2) is 0 Å². The number of carbonyl (C=O) groups is 1. The number of imidazole rings is 1. The Morgan fingerprint density at radius 3 is 3.00 bits per heavy atom. The molecule has 1 aromatic carbocycles. The fraction of sp³-hybridized carbons (Fsp3) is 0.333. The van der Waals surface area contributed by atoms with E-state index in [-0.39, 0.29) is 11.8 Å². The van der Waals surface area contributed by atoms with Gasteiger partial charge in [0.25, 0.3) is 0 Å². The van der Waals surface area contributed by atoms with Gasteiger partial charge in [-0.15, -0.1) is 0 Å². The highest BCUT2D eigenvalue weighted by molar-refractivity contribution is 5.87. The number of carbonyl (C=O) groups excluding carboxylic acids is 1. The molecule has 0 saturated carbocycles. The molecule has 4 heteroatoms. The van der Waals surface area contributed by atoms with Gasteiger partial charge in [0.1, 0.15) is 6.33 Å². The van der Waals surface area contributed by atoms with E-state index in [4.69, 9.17) is 0 Å². The first-order valence-corrected chi connectivity index (χ1v) is 5.45. The summed E-state index contributed by atoms with van der Waals surface area (Å²) in [5.74, 6) is 0.0341. The molecular formula is C12H15N3O. The molecular weight excluding hydrogens is 202 g/mol. The van der Waals surface area contributed by atoms with Gasteiger partial charge in [-0.05, 0) is 18.6 Å². The molecule has 0 aliphatic heterocycles. The number of hydrogen-bond acceptors (Lipinski definition) is 2. The molecule has 0 saturated heterocycles. The van der Waals surface area contributed by atoms with Crippen molar-refractivity contribution in [2.75, 3.05) is 5.43 Å². The van der Waals surface area contributed by atoms with E-state index in [1.807, 2.05) is 38.1 Å². The number of para-hydroxylation sites is 2. The molecule has 1 heterocycles. The highest BCUT2D eigenvalue weighted by Crippen LogP contribution is 2.10. The van der Waals surface area contributed by atoms with Crippen molar-refractivity contribution in [3.05, 3.63) is 30.6 Å². The smallest absolute Gasteiger partial charge is 0.241 e. The van der Waals surface area contributed by atoms with Crippen molar-refractivity contribution >= 4 is 16.9 Å². The molecule has 0 aliphatic rings. The minimum absolute atomic E-state index is 0.0150. The predicted molar refractivity (Wildman–Crippen MR) is 63.6 cm³/mol. The van der Waals surface area contributed by atoms with Crippen LogP contribution >= 0.6 is 0 Å². The predicted octanol–water partition coefficient (Wildman–Crippen LogP) is 2.15. The second-order valence-corrected chi connectivity index (χ2v) is 3.89. The standard InChI is InChI=1S/C12H15N3O/c1-3-9(2)12(16)14-15-8-13-10-6-4-5-7-11(10)15/h4-9H,3H2,1-2H3,(H,14,16). The topological polar surface area (TPSA) is 46.9 Å². The first kappa shape index (κ1) is 10.7. The van der Waals surface area contributed by atoms with Gasteiger partial charge in [-0.2, -0.15) is 0 Å². The van der Waals surface area contributed by atoms with Gasteiger partial charge in [0.2, 0.25) is 5.91 Å². The number of benzene rings is 1. The Hall–Kier alpha value is -1.84. The van der Waals surface area contributed by atoms with Crippen molar-refractivity contribution in [3.8, 4) is 0 Å². The van der Waals surface area contributed by atoms with Gasteiger partial charge in [-0.3, -0.25) is 10.2 Å². The average Bonchev–Trinajstić information content (AvgIpc) is 2.72. The highest BCUT2D eigenvalue weighted by atomic mass is 16.2. The molecule has 2 rings (SSSR count). The van der Waals surface area contributed by atoms with Crippen molar-refractivity contribution in [2.24, 2.45) is 5.92 Å².